The second-order valence-corrected chi connectivity index (χ2v) is 4.30. The van der Waals surface area contributed by atoms with Crippen LogP contribution in [0.1, 0.15) is 5.56 Å². The second kappa shape index (κ2) is 5.51. The van der Waals surface area contributed by atoms with Gasteiger partial charge in [-0.15, -0.1) is 0 Å². The van der Waals surface area contributed by atoms with E-state index in [1.54, 1.807) is 6.08 Å². The number of rotatable bonds is 5. The molecule has 0 saturated heterocycles. The van der Waals surface area contributed by atoms with Crippen LogP contribution in [0.2, 0.25) is 0 Å². The molecule has 2 rings (SSSR count). The van der Waals surface area contributed by atoms with Crippen LogP contribution < -0.4 is 0 Å². The van der Waals surface area contributed by atoms with Crippen molar-refractivity contribution in [1.29, 1.82) is 0 Å². The Hall–Kier alpha value is -2.07. The van der Waals surface area contributed by atoms with Crippen molar-refractivity contribution in [1.82, 2.24) is 9.88 Å². The minimum Gasteiger partial charge on any atom is -0.478 e. The number of likely N-dealkylation sites (N-methyl/N-ethyl adjacent to an activating group) is 1. The molecule has 1 aromatic heterocycles. The molecule has 0 radical (unpaired) electrons. The number of para-hydroxylation sites is 1. The highest BCUT2D eigenvalue weighted by molar-refractivity contribution is 5.83. The zero-order valence-electron chi connectivity index (χ0n) is 10.3. The highest BCUT2D eigenvalue weighted by atomic mass is 16.4. The first kappa shape index (κ1) is 12.4. The van der Waals surface area contributed by atoms with Gasteiger partial charge in [-0.2, -0.15) is 0 Å². The van der Waals surface area contributed by atoms with Crippen molar-refractivity contribution >= 4 is 16.9 Å². The van der Waals surface area contributed by atoms with E-state index >= 15 is 0 Å². The van der Waals surface area contributed by atoms with E-state index in [0.29, 0.717) is 6.54 Å². The van der Waals surface area contributed by atoms with E-state index < -0.39 is 5.97 Å². The number of aromatic amines is 1. The summed E-state index contributed by atoms with van der Waals surface area (Å²) in [7, 11) is 1.97. The van der Waals surface area contributed by atoms with Crippen molar-refractivity contribution in [3.8, 4) is 0 Å². The highest BCUT2D eigenvalue weighted by Gasteiger charge is 2.04. The van der Waals surface area contributed by atoms with E-state index in [-0.39, 0.29) is 0 Å². The number of fused-ring (bicyclic) bond motifs is 1. The molecule has 0 aliphatic carbocycles. The van der Waals surface area contributed by atoms with E-state index in [0.717, 1.165) is 12.1 Å². The molecular weight excluding hydrogens is 228 g/mol. The van der Waals surface area contributed by atoms with Crippen LogP contribution in [0, 0.1) is 0 Å². The molecule has 0 fully saturated rings. The lowest BCUT2D eigenvalue weighted by atomic mass is 10.1. The summed E-state index contributed by atoms with van der Waals surface area (Å²) in [5.74, 6) is -0.907. The number of benzene rings is 1. The van der Waals surface area contributed by atoms with Gasteiger partial charge in [0.25, 0.3) is 0 Å². The number of hydrogen-bond acceptors (Lipinski definition) is 2. The molecule has 0 aliphatic rings. The quantitative estimate of drug-likeness (QED) is 0.793. The summed E-state index contributed by atoms with van der Waals surface area (Å²) in [6, 6.07) is 8.15. The molecule has 0 unspecified atom stereocenters. The molecule has 0 bridgehead atoms. The Kier molecular flexibility index (Phi) is 3.79. The van der Waals surface area contributed by atoms with Crippen molar-refractivity contribution in [2.75, 3.05) is 13.6 Å². The minimum absolute atomic E-state index is 0.617. The van der Waals surface area contributed by atoms with Gasteiger partial charge >= 0.3 is 5.97 Å². The average Bonchev–Trinajstić information content (AvgIpc) is 2.72. The van der Waals surface area contributed by atoms with E-state index in [4.69, 9.17) is 5.11 Å². The van der Waals surface area contributed by atoms with E-state index in [1.807, 2.05) is 31.4 Å². The number of carboxylic acid groups (broad SMARTS) is 1. The van der Waals surface area contributed by atoms with Gasteiger partial charge < -0.3 is 10.1 Å². The first-order valence-electron chi connectivity index (χ1n) is 5.80. The molecule has 2 N–H and O–H groups in total. The van der Waals surface area contributed by atoms with Crippen LogP contribution in [0.5, 0.6) is 0 Å². The van der Waals surface area contributed by atoms with Crippen molar-refractivity contribution in [2.24, 2.45) is 0 Å². The van der Waals surface area contributed by atoms with E-state index in [9.17, 15) is 4.79 Å². The maximum Gasteiger partial charge on any atom is 0.328 e. The highest BCUT2D eigenvalue weighted by Crippen LogP contribution is 2.18. The Bertz CT molecular complexity index is 572. The molecule has 2 aromatic rings. The first-order chi connectivity index (χ1) is 8.66. The Morgan fingerprint density at radius 3 is 3.00 bits per heavy atom. The van der Waals surface area contributed by atoms with Gasteiger partial charge in [-0.25, -0.2) is 4.79 Å². The van der Waals surface area contributed by atoms with Gasteiger partial charge in [-0.05, 0) is 18.7 Å². The van der Waals surface area contributed by atoms with Crippen LogP contribution in [-0.4, -0.2) is 34.6 Å². The molecule has 94 valence electrons. The monoisotopic (exact) mass is 244 g/mol. The van der Waals surface area contributed by atoms with Crippen LogP contribution in [0.25, 0.3) is 10.9 Å². The topological polar surface area (TPSA) is 56.3 Å². The van der Waals surface area contributed by atoms with Crippen LogP contribution in [0.3, 0.4) is 0 Å². The van der Waals surface area contributed by atoms with Gasteiger partial charge in [-0.3, -0.25) is 4.90 Å². The molecule has 4 heteroatoms. The third kappa shape index (κ3) is 2.99. The molecule has 0 aliphatic heterocycles. The standard InChI is InChI=1S/C14H16N2O2/c1-16(8-4-7-14(17)18)10-11-9-15-13-6-3-2-5-12(11)13/h2-7,9,15H,8,10H2,1H3,(H,17,18)/b7-4+. The number of nitrogens with zero attached hydrogens (tertiary/aromatic N) is 1. The fourth-order valence-electron chi connectivity index (χ4n) is 1.95. The van der Waals surface area contributed by atoms with Crippen LogP contribution in [-0.2, 0) is 11.3 Å². The lowest BCUT2D eigenvalue weighted by Crippen LogP contribution is -2.17. The molecule has 1 heterocycles. The van der Waals surface area contributed by atoms with Gasteiger partial charge in [0.1, 0.15) is 0 Å². The molecule has 4 nitrogen and oxygen atoms in total. The predicted octanol–water partition coefficient (Wildman–Crippen LogP) is 2.24. The van der Waals surface area contributed by atoms with E-state index in [1.165, 1.54) is 17.0 Å². The number of carboxylic acids is 1. The molecule has 0 amide bonds. The summed E-state index contributed by atoms with van der Waals surface area (Å²) in [5.41, 5.74) is 2.35. The third-order valence-corrected chi connectivity index (χ3v) is 2.79. The second-order valence-electron chi connectivity index (χ2n) is 4.30. The summed E-state index contributed by atoms with van der Waals surface area (Å²) in [4.78, 5) is 15.7. The summed E-state index contributed by atoms with van der Waals surface area (Å²) < 4.78 is 0. The van der Waals surface area contributed by atoms with Crippen molar-refractivity contribution in [3.63, 3.8) is 0 Å². The maximum atomic E-state index is 10.4. The lowest BCUT2D eigenvalue weighted by molar-refractivity contribution is -0.131. The number of aromatic nitrogens is 1. The summed E-state index contributed by atoms with van der Waals surface area (Å²) >= 11 is 0. The number of hydrogen-bond donors (Lipinski definition) is 2. The molecule has 0 atom stereocenters. The minimum atomic E-state index is -0.907. The van der Waals surface area contributed by atoms with Gasteiger partial charge in [0.15, 0.2) is 0 Å². The molecule has 0 saturated carbocycles. The summed E-state index contributed by atoms with van der Waals surface area (Å²) in [6.07, 6.45) is 4.82. The SMILES string of the molecule is CN(C/C=C/C(=O)O)Cc1c[nH]c2ccccc12. The van der Waals surface area contributed by atoms with Gasteiger partial charge in [0, 0.05) is 36.3 Å². The number of aliphatic carboxylic acids is 1. The average molecular weight is 244 g/mol. The van der Waals surface area contributed by atoms with Gasteiger partial charge in [0.2, 0.25) is 0 Å². The van der Waals surface area contributed by atoms with Crippen LogP contribution >= 0.6 is 0 Å². The van der Waals surface area contributed by atoms with Crippen molar-refractivity contribution in [2.45, 2.75) is 6.54 Å². The zero-order valence-corrected chi connectivity index (χ0v) is 10.3. The predicted molar refractivity (Wildman–Crippen MR) is 71.4 cm³/mol. The molecule has 1 aromatic carbocycles. The summed E-state index contributed by atoms with van der Waals surface area (Å²) in [6.45, 7) is 1.40. The van der Waals surface area contributed by atoms with E-state index in [2.05, 4.69) is 16.0 Å². The number of nitrogens with one attached hydrogen (secondary N) is 1. The maximum absolute atomic E-state index is 10.4. The molecule has 18 heavy (non-hydrogen) atoms. The Morgan fingerprint density at radius 1 is 1.44 bits per heavy atom. The number of H-pyrrole nitrogens is 1. The molecule has 0 spiro atoms. The largest absolute Gasteiger partial charge is 0.478 e. The van der Waals surface area contributed by atoms with Crippen molar-refractivity contribution in [3.05, 3.63) is 48.2 Å². The molecular formula is C14H16N2O2. The fraction of sp³-hybridized carbons (Fsp3) is 0.214. The smallest absolute Gasteiger partial charge is 0.328 e. The lowest BCUT2D eigenvalue weighted by Gasteiger charge is -2.13. The third-order valence-electron chi connectivity index (χ3n) is 2.79. The van der Waals surface area contributed by atoms with Crippen molar-refractivity contribution < 1.29 is 9.90 Å². The zero-order chi connectivity index (χ0) is 13.0. The Labute approximate surface area is 106 Å². The normalized spacial score (nSPS) is 11.7. The fourth-order valence-corrected chi connectivity index (χ4v) is 1.95. The van der Waals surface area contributed by atoms with Crippen LogP contribution in [0.15, 0.2) is 42.6 Å². The summed E-state index contributed by atoms with van der Waals surface area (Å²) in [5, 5.41) is 9.73. The Balaban J connectivity index is 2.03. The number of carbonyl (C=O) groups is 1. The first-order valence-corrected chi connectivity index (χ1v) is 5.80. The van der Waals surface area contributed by atoms with Gasteiger partial charge in [0.05, 0.1) is 0 Å². The van der Waals surface area contributed by atoms with Gasteiger partial charge in [-0.1, -0.05) is 24.3 Å². The van der Waals surface area contributed by atoms with Crippen LogP contribution in [0.4, 0.5) is 0 Å². The Morgan fingerprint density at radius 2 is 2.22 bits per heavy atom.